The van der Waals surface area contributed by atoms with Crippen LogP contribution in [-0.2, 0) is 4.79 Å². The van der Waals surface area contributed by atoms with Crippen LogP contribution in [0.4, 0.5) is 11.4 Å². The molecule has 0 saturated carbocycles. The van der Waals surface area contributed by atoms with Crippen LogP contribution in [0.5, 0.6) is 0 Å². The molecular weight excluding hydrogens is 274 g/mol. The van der Waals surface area contributed by atoms with Crippen molar-refractivity contribution in [2.75, 3.05) is 37.4 Å². The van der Waals surface area contributed by atoms with E-state index >= 15 is 0 Å². The highest BCUT2D eigenvalue weighted by atomic mass is 35.5. The maximum atomic E-state index is 12.6. The first-order valence-electron chi connectivity index (χ1n) is 6.98. The van der Waals surface area contributed by atoms with E-state index in [4.69, 9.17) is 11.6 Å². The second kappa shape index (κ2) is 6.02. The number of carbonyl (C=O) groups excluding carboxylic acids is 1. The first-order chi connectivity index (χ1) is 9.50. The monoisotopic (exact) mass is 295 g/mol. The minimum absolute atomic E-state index is 0.0790. The van der Waals surface area contributed by atoms with Crippen LogP contribution < -0.4 is 15.5 Å². The molecule has 2 rings (SSSR count). The molecule has 0 aliphatic carbocycles. The fourth-order valence-corrected chi connectivity index (χ4v) is 3.07. The molecule has 0 aromatic heterocycles. The molecule has 5 heteroatoms. The average Bonchev–Trinajstić information content (AvgIpc) is 2.88. The number of anilines is 2. The molecule has 1 aromatic carbocycles. The number of rotatable bonds is 4. The van der Waals surface area contributed by atoms with Crippen LogP contribution in [0, 0.1) is 5.41 Å². The molecule has 4 nitrogen and oxygen atoms in total. The van der Waals surface area contributed by atoms with Gasteiger partial charge in [0.05, 0.1) is 21.8 Å². The van der Waals surface area contributed by atoms with Gasteiger partial charge in [0.25, 0.3) is 0 Å². The number of carbonyl (C=O) groups is 1. The summed E-state index contributed by atoms with van der Waals surface area (Å²) in [6, 6.07) is 5.58. The highest BCUT2D eigenvalue weighted by Crippen LogP contribution is 2.36. The van der Waals surface area contributed by atoms with Crippen molar-refractivity contribution >= 4 is 28.9 Å². The van der Waals surface area contributed by atoms with Crippen LogP contribution in [0.1, 0.15) is 19.8 Å². The number of halogens is 1. The third kappa shape index (κ3) is 2.76. The zero-order valence-corrected chi connectivity index (χ0v) is 13.0. The Morgan fingerprint density at radius 2 is 2.25 bits per heavy atom. The SMILES string of the molecule is CCC1(C(=O)Nc2cccc(Cl)c2N(C)C)CCNC1. The normalized spacial score (nSPS) is 21.8. The van der Waals surface area contributed by atoms with Crippen molar-refractivity contribution in [2.24, 2.45) is 5.41 Å². The second-order valence-electron chi connectivity index (χ2n) is 5.55. The Morgan fingerprint density at radius 1 is 1.50 bits per heavy atom. The molecule has 110 valence electrons. The van der Waals surface area contributed by atoms with E-state index < -0.39 is 0 Å². The van der Waals surface area contributed by atoms with Crippen molar-refractivity contribution in [3.8, 4) is 0 Å². The molecule has 20 heavy (non-hydrogen) atoms. The smallest absolute Gasteiger partial charge is 0.231 e. The number of amides is 1. The van der Waals surface area contributed by atoms with E-state index in [0.29, 0.717) is 5.02 Å². The lowest BCUT2D eigenvalue weighted by Gasteiger charge is -2.27. The summed E-state index contributed by atoms with van der Waals surface area (Å²) in [6.07, 6.45) is 1.72. The van der Waals surface area contributed by atoms with Gasteiger partial charge in [-0.25, -0.2) is 0 Å². The van der Waals surface area contributed by atoms with E-state index in [1.165, 1.54) is 0 Å². The minimum atomic E-state index is -0.300. The summed E-state index contributed by atoms with van der Waals surface area (Å²) in [5.74, 6) is 0.0790. The topological polar surface area (TPSA) is 44.4 Å². The molecule has 1 fully saturated rings. The standard InChI is InChI=1S/C15H22ClN3O/c1-4-15(8-9-17-10-15)14(20)18-12-7-5-6-11(16)13(12)19(2)3/h5-7,17H,4,8-10H2,1-3H3,(H,18,20). The van der Waals surface area contributed by atoms with Gasteiger partial charge < -0.3 is 15.5 Å². The summed E-state index contributed by atoms with van der Waals surface area (Å²) in [5, 5.41) is 6.99. The Kier molecular flexibility index (Phi) is 4.55. The van der Waals surface area contributed by atoms with E-state index in [9.17, 15) is 4.79 Å². The fourth-order valence-electron chi connectivity index (χ4n) is 2.73. The Bertz CT molecular complexity index is 496. The average molecular weight is 296 g/mol. The van der Waals surface area contributed by atoms with E-state index in [1.54, 1.807) is 0 Å². The highest BCUT2D eigenvalue weighted by Gasteiger charge is 2.39. The molecule has 0 radical (unpaired) electrons. The van der Waals surface area contributed by atoms with Gasteiger partial charge in [-0.3, -0.25) is 4.79 Å². The van der Waals surface area contributed by atoms with Gasteiger partial charge in [0.1, 0.15) is 0 Å². The van der Waals surface area contributed by atoms with Crippen molar-refractivity contribution < 1.29 is 4.79 Å². The van der Waals surface area contributed by atoms with E-state index in [0.717, 1.165) is 37.3 Å². The predicted octanol–water partition coefficient (Wildman–Crippen LogP) is 2.73. The van der Waals surface area contributed by atoms with Gasteiger partial charge in [0, 0.05) is 20.6 Å². The maximum absolute atomic E-state index is 12.6. The molecular formula is C15H22ClN3O. The van der Waals surface area contributed by atoms with Crippen molar-refractivity contribution in [1.82, 2.24) is 5.32 Å². The van der Waals surface area contributed by atoms with E-state index in [-0.39, 0.29) is 11.3 Å². The third-order valence-corrected chi connectivity index (χ3v) is 4.39. The molecule has 1 aliphatic rings. The van der Waals surface area contributed by atoms with E-state index in [1.807, 2.05) is 37.2 Å². The zero-order valence-electron chi connectivity index (χ0n) is 12.3. The van der Waals surface area contributed by atoms with Gasteiger partial charge in [0.2, 0.25) is 5.91 Å². The number of nitrogens with zero attached hydrogens (tertiary/aromatic N) is 1. The summed E-state index contributed by atoms with van der Waals surface area (Å²) in [5.41, 5.74) is 1.32. The summed E-state index contributed by atoms with van der Waals surface area (Å²) in [4.78, 5) is 14.6. The zero-order chi connectivity index (χ0) is 14.8. The van der Waals surface area contributed by atoms with Crippen LogP contribution in [-0.4, -0.2) is 33.1 Å². The Hall–Kier alpha value is -1.26. The second-order valence-corrected chi connectivity index (χ2v) is 5.95. The third-order valence-electron chi connectivity index (χ3n) is 4.08. The first-order valence-corrected chi connectivity index (χ1v) is 7.36. The van der Waals surface area contributed by atoms with Crippen molar-refractivity contribution in [3.05, 3.63) is 23.2 Å². The highest BCUT2D eigenvalue weighted by molar-refractivity contribution is 6.34. The fraction of sp³-hybridized carbons (Fsp3) is 0.533. The van der Waals surface area contributed by atoms with Crippen molar-refractivity contribution in [1.29, 1.82) is 0 Å². The molecule has 1 atom stereocenters. The lowest BCUT2D eigenvalue weighted by Crippen LogP contribution is -2.37. The molecule has 0 bridgehead atoms. The molecule has 1 aliphatic heterocycles. The van der Waals surface area contributed by atoms with Gasteiger partial charge in [-0.15, -0.1) is 0 Å². The van der Waals surface area contributed by atoms with Crippen LogP contribution in [0.3, 0.4) is 0 Å². The van der Waals surface area contributed by atoms with Gasteiger partial charge in [-0.05, 0) is 31.5 Å². The molecule has 1 saturated heterocycles. The molecule has 1 heterocycles. The Labute approximate surface area is 125 Å². The Morgan fingerprint density at radius 3 is 2.80 bits per heavy atom. The number of para-hydroxylation sites is 1. The minimum Gasteiger partial charge on any atom is -0.375 e. The summed E-state index contributed by atoms with van der Waals surface area (Å²) >= 11 is 6.23. The van der Waals surface area contributed by atoms with Crippen molar-refractivity contribution in [3.63, 3.8) is 0 Å². The lowest BCUT2D eigenvalue weighted by molar-refractivity contribution is -0.124. The van der Waals surface area contributed by atoms with Crippen molar-refractivity contribution in [2.45, 2.75) is 19.8 Å². The van der Waals surface area contributed by atoms with Gasteiger partial charge in [0.15, 0.2) is 0 Å². The van der Waals surface area contributed by atoms with Gasteiger partial charge in [-0.2, -0.15) is 0 Å². The van der Waals surface area contributed by atoms with E-state index in [2.05, 4.69) is 17.6 Å². The lowest BCUT2D eigenvalue weighted by atomic mass is 9.83. The molecule has 1 aromatic rings. The Balaban J connectivity index is 2.26. The number of nitrogens with one attached hydrogen (secondary N) is 2. The molecule has 2 N–H and O–H groups in total. The van der Waals surface area contributed by atoms with Gasteiger partial charge >= 0.3 is 0 Å². The van der Waals surface area contributed by atoms with Crippen LogP contribution in [0.15, 0.2) is 18.2 Å². The first kappa shape index (κ1) is 15.1. The molecule has 0 spiro atoms. The van der Waals surface area contributed by atoms with Crippen LogP contribution in [0.25, 0.3) is 0 Å². The maximum Gasteiger partial charge on any atom is 0.231 e. The molecule has 1 unspecified atom stereocenters. The molecule has 1 amide bonds. The number of benzene rings is 1. The summed E-state index contributed by atoms with van der Waals surface area (Å²) < 4.78 is 0. The number of hydrogen-bond donors (Lipinski definition) is 2. The number of hydrogen-bond acceptors (Lipinski definition) is 3. The summed E-state index contributed by atoms with van der Waals surface area (Å²) in [7, 11) is 3.84. The predicted molar refractivity (Wildman–Crippen MR) is 84.6 cm³/mol. The van der Waals surface area contributed by atoms with Gasteiger partial charge in [-0.1, -0.05) is 24.6 Å². The van der Waals surface area contributed by atoms with Crippen LogP contribution in [0.2, 0.25) is 5.02 Å². The summed E-state index contributed by atoms with van der Waals surface area (Å²) in [6.45, 7) is 3.71. The quantitative estimate of drug-likeness (QED) is 0.898. The largest absolute Gasteiger partial charge is 0.375 e. The van der Waals surface area contributed by atoms with Crippen LogP contribution >= 0.6 is 11.6 Å².